The number of ketones is 1. The Bertz CT molecular complexity index is 3430. The molecule has 0 aromatic rings. The predicted octanol–water partition coefficient (Wildman–Crippen LogP) is -3.71. The van der Waals surface area contributed by atoms with Gasteiger partial charge in [0.15, 0.2) is 61.3 Å². The fourth-order valence-electron chi connectivity index (χ4n) is 12.4. The highest BCUT2D eigenvalue weighted by Crippen LogP contribution is 2.32. The molecule has 3 aliphatic heterocycles. The highest BCUT2D eigenvalue weighted by molar-refractivity contribution is 5.92. The lowest BCUT2D eigenvalue weighted by Gasteiger charge is -2.44. The molecule has 0 saturated carbocycles. The third kappa shape index (κ3) is 49.7. The summed E-state index contributed by atoms with van der Waals surface area (Å²) in [4.78, 5) is 210. The molecule has 7 N–H and O–H groups in total. The van der Waals surface area contributed by atoms with E-state index in [2.05, 4.69) is 37.2 Å². The molecule has 3 fully saturated rings. The van der Waals surface area contributed by atoms with Crippen LogP contribution in [0.25, 0.3) is 0 Å². The average molecular weight is 1830 g/mol. The number of rotatable bonds is 65. The van der Waals surface area contributed by atoms with Gasteiger partial charge in [-0.2, -0.15) is 0 Å². The molecule has 48 nitrogen and oxygen atoms in total. The molecule has 1 unspecified atom stereocenters. The van der Waals surface area contributed by atoms with E-state index >= 15 is 0 Å². The second-order valence-corrected chi connectivity index (χ2v) is 28.6. The van der Waals surface area contributed by atoms with Gasteiger partial charge < -0.3 is 151 Å². The molecule has 3 aliphatic rings. The summed E-state index contributed by atoms with van der Waals surface area (Å²) in [6.45, 7) is 13.5. The van der Waals surface area contributed by atoms with Gasteiger partial charge in [-0.1, -0.05) is 0 Å². The molecule has 0 radical (unpaired) electrons. The van der Waals surface area contributed by atoms with Gasteiger partial charge in [0, 0.05) is 96.2 Å². The summed E-state index contributed by atoms with van der Waals surface area (Å²) in [6, 6.07) is -5.64. The molecule has 0 aromatic heterocycles. The van der Waals surface area contributed by atoms with E-state index in [1.807, 2.05) is 0 Å². The Morgan fingerprint density at radius 3 is 0.787 bits per heavy atom. The fraction of sp³-hybridized carbons (Fsp3) is 0.785. The number of unbranched alkanes of at least 4 members (excludes halogenated alkanes) is 2. The zero-order valence-electron chi connectivity index (χ0n) is 74.2. The van der Waals surface area contributed by atoms with Gasteiger partial charge in [-0.15, -0.1) is 0 Å². The number of carbonyl (C=O) groups is 17. The maximum atomic E-state index is 13.9. The van der Waals surface area contributed by atoms with Gasteiger partial charge in [0.1, 0.15) is 82.1 Å². The highest BCUT2D eigenvalue weighted by atomic mass is 16.7. The zero-order valence-corrected chi connectivity index (χ0v) is 74.2. The molecule has 0 bridgehead atoms. The smallest absolute Gasteiger partial charge is 0.303 e. The van der Waals surface area contributed by atoms with E-state index in [1.165, 1.54) is 27.7 Å². The van der Waals surface area contributed by atoms with Crippen LogP contribution in [0, 0.1) is 0 Å². The third-order valence-electron chi connectivity index (χ3n) is 17.6. The van der Waals surface area contributed by atoms with Crippen LogP contribution in [0.3, 0.4) is 0 Å². The van der Waals surface area contributed by atoms with E-state index in [9.17, 15) is 81.5 Å². The van der Waals surface area contributed by atoms with Gasteiger partial charge in [0.05, 0.1) is 125 Å². The third-order valence-corrected chi connectivity index (χ3v) is 17.6. The normalized spacial score (nSPS) is 22.3. The number of amides is 7. The van der Waals surface area contributed by atoms with E-state index in [0.717, 1.165) is 62.3 Å². The standard InChI is InChI=1S/C79H127N7O41/c1-46(87)59(18-14-16-20-80-64(100)43-110-31-28-104-22-25-107-34-37-113-77-67(82-47(2)88)73(122-56(11)97)70(119-53(8)94)61(125-77)40-116-50(5)91)86-76(103)60(85-66(102)45-112-33-30-106-24-27-109-36-39-115-79-69(84-49(4)90)75(124-58(13)99)72(121-55(10)96)63(127-79)42-118-52(7)93)19-15-17-21-81-65(101)44-111-32-29-105-23-26-108-35-38-114-78-68(83-48(3)89)74(123-57(12)98)71(120-54(9)95)62(126-78)41-117-51(6)92/h59-63,67-75,77-79H,14-45H2,1-13H3,(H,80,100)(H,81,101)(H,82,88)(H,83,89)(H,84,90)(H,85,102)(H,86,103)/t59-,60-,61+,62+,63+,67+,68+,69+,70-,71-,72-,73+,74+,75+,77?,78+,79+/m0/s1. The van der Waals surface area contributed by atoms with Crippen molar-refractivity contribution in [3.8, 4) is 0 Å². The van der Waals surface area contributed by atoms with Crippen LogP contribution in [-0.4, -0.2) is 377 Å². The van der Waals surface area contributed by atoms with Crippen molar-refractivity contribution in [3.05, 3.63) is 0 Å². The summed E-state index contributed by atoms with van der Waals surface area (Å²) in [5.41, 5.74) is 0. The van der Waals surface area contributed by atoms with Crippen molar-refractivity contribution >= 4 is 101 Å². The van der Waals surface area contributed by atoms with Crippen molar-refractivity contribution < 1.29 is 195 Å². The van der Waals surface area contributed by atoms with Crippen LogP contribution in [-0.2, 0) is 195 Å². The monoisotopic (exact) mass is 1830 g/mol. The van der Waals surface area contributed by atoms with Gasteiger partial charge in [-0.3, -0.25) is 81.5 Å². The van der Waals surface area contributed by atoms with Crippen molar-refractivity contribution in [1.29, 1.82) is 0 Å². The van der Waals surface area contributed by atoms with Gasteiger partial charge in [0.25, 0.3) is 0 Å². The number of nitrogens with one attached hydrogen (secondary N) is 7. The number of hydrogen-bond acceptors (Lipinski definition) is 41. The minimum absolute atomic E-state index is 0.0000888. The van der Waals surface area contributed by atoms with Crippen molar-refractivity contribution in [2.24, 2.45) is 0 Å². The second-order valence-electron chi connectivity index (χ2n) is 28.6. The van der Waals surface area contributed by atoms with E-state index < -0.39 is 226 Å². The summed E-state index contributed by atoms with van der Waals surface area (Å²) in [7, 11) is 0. The lowest BCUT2D eigenvalue weighted by Crippen LogP contribution is -2.66. The molecule has 3 heterocycles. The fourth-order valence-corrected chi connectivity index (χ4v) is 12.4. The van der Waals surface area contributed by atoms with Crippen LogP contribution in [0.2, 0.25) is 0 Å². The molecule has 127 heavy (non-hydrogen) atoms. The second kappa shape index (κ2) is 64.3. The van der Waals surface area contributed by atoms with E-state index in [4.69, 9.17) is 114 Å². The minimum atomic E-state index is -1.32. The number of Topliss-reactive ketones (excluding diaryl/α,β-unsaturated/α-hetero) is 1. The SMILES string of the molecule is CC(=O)N[C@H]1[C@H](OCCOCCOCCOCC(=O)NCCCC[C@H](NC(=O)COCCOCCOCCO[C@@H]2O[C@H](COC(C)=O)[C@H](OC(C)=O)[C@H](OC(C)=O)[C@H]2NC(C)=O)C(=O)N[C@@H](CCCCNC(=O)COCCOCCOCCOC2O[C@H](COC(C)=O)[C@H](OC(C)=O)[C@H](OC(C)=O)[C@H]2NC(C)=O)C(C)=O)O[C@H](COC(C)=O)[C@H](OC(C)=O)[C@@H]1OC(C)=O. The Morgan fingerprint density at radius 2 is 0.528 bits per heavy atom. The van der Waals surface area contributed by atoms with Crippen molar-refractivity contribution in [1.82, 2.24) is 37.2 Å². The maximum Gasteiger partial charge on any atom is 0.303 e. The molecule has 3 saturated heterocycles. The predicted molar refractivity (Wildman–Crippen MR) is 426 cm³/mol. The molecule has 17 atom stereocenters. The van der Waals surface area contributed by atoms with Gasteiger partial charge >= 0.3 is 53.7 Å². The average Bonchev–Trinajstić information content (AvgIpc) is 0.796. The molecule has 0 aliphatic carbocycles. The maximum absolute atomic E-state index is 13.9. The Hall–Kier alpha value is -9.41. The number of carbonyl (C=O) groups excluding carboxylic acids is 17. The quantitative estimate of drug-likeness (QED) is 0.0175. The first-order valence-electron chi connectivity index (χ1n) is 41.4. The minimum Gasteiger partial charge on any atom is -0.463 e. The molecule has 0 aromatic carbocycles. The van der Waals surface area contributed by atoms with Crippen LogP contribution >= 0.6 is 0 Å². The summed E-state index contributed by atoms with van der Waals surface area (Å²) < 4.78 is 133. The van der Waals surface area contributed by atoms with Gasteiger partial charge in [-0.05, 0) is 45.4 Å². The Kier molecular flexibility index (Phi) is 56.6. The summed E-state index contributed by atoms with van der Waals surface area (Å²) in [6.07, 6.45) is -13.5. The van der Waals surface area contributed by atoms with Gasteiger partial charge in [0.2, 0.25) is 41.4 Å². The number of ether oxygens (including phenoxy) is 24. The van der Waals surface area contributed by atoms with E-state index in [-0.39, 0.29) is 164 Å². The van der Waals surface area contributed by atoms with Gasteiger partial charge in [-0.25, -0.2) is 0 Å². The molecule has 724 valence electrons. The summed E-state index contributed by atoms with van der Waals surface area (Å²) >= 11 is 0. The topological polar surface area (TPSA) is 596 Å². The van der Waals surface area contributed by atoms with E-state index in [1.54, 1.807) is 0 Å². The van der Waals surface area contributed by atoms with Crippen LogP contribution in [0.4, 0.5) is 0 Å². The van der Waals surface area contributed by atoms with Crippen molar-refractivity contribution in [2.45, 2.75) is 233 Å². The Labute approximate surface area is 735 Å². The molecular formula is C79H127N7O41. The summed E-state index contributed by atoms with van der Waals surface area (Å²) in [5, 5.41) is 18.7. The lowest BCUT2D eigenvalue weighted by atomic mass is 9.96. The molecule has 0 spiro atoms. The first kappa shape index (κ1) is 112. The molecule has 48 heteroatoms. The van der Waals surface area contributed by atoms with Crippen LogP contribution in [0.5, 0.6) is 0 Å². The van der Waals surface area contributed by atoms with Crippen LogP contribution in [0.15, 0.2) is 0 Å². The molecule has 7 amide bonds. The van der Waals surface area contributed by atoms with Crippen molar-refractivity contribution in [3.63, 3.8) is 0 Å². The number of esters is 9. The largest absolute Gasteiger partial charge is 0.463 e. The van der Waals surface area contributed by atoms with Crippen LogP contribution < -0.4 is 37.2 Å². The van der Waals surface area contributed by atoms with Crippen LogP contribution in [0.1, 0.15) is 129 Å². The lowest BCUT2D eigenvalue weighted by molar-refractivity contribution is -0.279. The first-order chi connectivity index (χ1) is 60.5. The highest BCUT2D eigenvalue weighted by Gasteiger charge is 2.54. The molecular weight excluding hydrogens is 1700 g/mol. The van der Waals surface area contributed by atoms with Crippen molar-refractivity contribution in [2.75, 3.05) is 172 Å². The number of hydrogen-bond donors (Lipinski definition) is 7. The Balaban J connectivity index is 1.47. The summed E-state index contributed by atoms with van der Waals surface area (Å²) in [5.74, 6) is -10.8. The first-order valence-corrected chi connectivity index (χ1v) is 41.4. The van der Waals surface area contributed by atoms with E-state index in [0.29, 0.717) is 25.7 Å². The molecule has 3 rings (SSSR count). The Morgan fingerprint density at radius 1 is 0.276 bits per heavy atom. The zero-order chi connectivity index (χ0) is 94.2.